The minimum Gasteiger partial charge on any atom is -0.335 e. The summed E-state index contributed by atoms with van der Waals surface area (Å²) in [5.74, 6) is -1.20. The molecular weight excluding hydrogens is 357 g/mol. The Labute approximate surface area is 155 Å². The number of benzene rings is 2. The molecule has 142 valence electrons. The molecule has 27 heavy (non-hydrogen) atoms. The second-order valence-corrected chi connectivity index (χ2v) is 6.60. The largest absolute Gasteiger partial charge is 0.416 e. The molecule has 4 nitrogen and oxygen atoms in total. The van der Waals surface area contributed by atoms with Gasteiger partial charge in [0.05, 0.1) is 17.5 Å². The first-order valence-electron chi connectivity index (χ1n) is 8.58. The molecule has 0 unspecified atom stereocenters. The van der Waals surface area contributed by atoms with E-state index in [-0.39, 0.29) is 30.6 Å². The van der Waals surface area contributed by atoms with E-state index in [4.69, 9.17) is 0 Å². The van der Waals surface area contributed by atoms with Crippen LogP contribution in [0.5, 0.6) is 0 Å². The number of likely N-dealkylation sites (tertiary alicyclic amines) is 1. The summed E-state index contributed by atoms with van der Waals surface area (Å²) in [6.07, 6.45) is -4.44. The predicted molar refractivity (Wildman–Crippen MR) is 94.8 cm³/mol. The van der Waals surface area contributed by atoms with Crippen molar-refractivity contribution < 1.29 is 22.8 Å². The van der Waals surface area contributed by atoms with Crippen molar-refractivity contribution in [3.63, 3.8) is 0 Å². The van der Waals surface area contributed by atoms with Crippen LogP contribution in [0.25, 0.3) is 0 Å². The first kappa shape index (κ1) is 18.9. The summed E-state index contributed by atoms with van der Waals surface area (Å²) in [5.41, 5.74) is 0.198. The van der Waals surface area contributed by atoms with E-state index in [1.54, 1.807) is 4.90 Å². The first-order chi connectivity index (χ1) is 12.8. The van der Waals surface area contributed by atoms with E-state index >= 15 is 0 Å². The molecule has 2 aromatic carbocycles. The van der Waals surface area contributed by atoms with Crippen LogP contribution in [0.2, 0.25) is 0 Å². The van der Waals surface area contributed by atoms with Gasteiger partial charge in [-0.1, -0.05) is 36.4 Å². The maximum absolute atomic E-state index is 12.8. The van der Waals surface area contributed by atoms with Gasteiger partial charge in [0.25, 0.3) is 0 Å². The Kier molecular flexibility index (Phi) is 5.21. The molecule has 1 N–H and O–H groups in total. The Morgan fingerprint density at radius 2 is 1.85 bits per heavy atom. The van der Waals surface area contributed by atoms with E-state index in [1.165, 1.54) is 12.1 Å². The van der Waals surface area contributed by atoms with E-state index in [0.29, 0.717) is 0 Å². The van der Waals surface area contributed by atoms with Gasteiger partial charge < -0.3 is 10.2 Å². The second-order valence-electron chi connectivity index (χ2n) is 6.60. The molecule has 3 rings (SSSR count). The normalized spacial score (nSPS) is 18.4. The third-order valence-electron chi connectivity index (χ3n) is 4.74. The molecule has 1 heterocycles. The third-order valence-corrected chi connectivity index (χ3v) is 4.74. The van der Waals surface area contributed by atoms with Crippen LogP contribution in [-0.2, 0) is 15.8 Å². The molecule has 1 aliphatic heterocycles. The maximum Gasteiger partial charge on any atom is 0.416 e. The molecule has 7 heteroatoms. The number of nitrogens with zero attached hydrogens (tertiary/aromatic N) is 1. The van der Waals surface area contributed by atoms with Gasteiger partial charge >= 0.3 is 6.18 Å². The van der Waals surface area contributed by atoms with Crippen LogP contribution < -0.4 is 5.32 Å². The summed E-state index contributed by atoms with van der Waals surface area (Å²) in [7, 11) is 0. The first-order valence-corrected chi connectivity index (χ1v) is 8.58. The van der Waals surface area contributed by atoms with Crippen molar-refractivity contribution in [1.29, 1.82) is 0 Å². The van der Waals surface area contributed by atoms with E-state index in [9.17, 15) is 22.8 Å². The zero-order chi connectivity index (χ0) is 19.6. The van der Waals surface area contributed by atoms with E-state index in [1.807, 2.05) is 37.3 Å². The molecule has 2 atom stereocenters. The lowest BCUT2D eigenvalue weighted by Gasteiger charge is -2.25. The standard InChI is InChI=1S/C20H19F3N2O2/c1-13(14-6-3-2-4-7-14)25-12-15(10-18(25)26)19(27)24-17-9-5-8-16(11-17)20(21,22)23/h2-9,11,13,15H,10,12H2,1H3,(H,24,27)/t13-,15-/m0/s1. The molecule has 0 aromatic heterocycles. The molecule has 0 radical (unpaired) electrons. The quantitative estimate of drug-likeness (QED) is 0.867. The van der Waals surface area contributed by atoms with Crippen molar-refractivity contribution >= 4 is 17.5 Å². The number of carbonyl (C=O) groups is 2. The summed E-state index contributed by atoms with van der Waals surface area (Å²) >= 11 is 0. The van der Waals surface area contributed by atoms with Gasteiger partial charge in [-0.05, 0) is 30.7 Å². The third kappa shape index (κ3) is 4.30. The lowest BCUT2D eigenvalue weighted by atomic mass is 10.1. The molecule has 1 aliphatic rings. The lowest BCUT2D eigenvalue weighted by Crippen LogP contribution is -2.30. The minimum atomic E-state index is -4.48. The van der Waals surface area contributed by atoms with Gasteiger partial charge in [-0.2, -0.15) is 13.2 Å². The minimum absolute atomic E-state index is 0.0436. The average molecular weight is 376 g/mol. The molecule has 0 spiro atoms. The number of carbonyl (C=O) groups excluding carboxylic acids is 2. The molecule has 1 saturated heterocycles. The van der Waals surface area contributed by atoms with Crippen molar-refractivity contribution in [2.75, 3.05) is 11.9 Å². The maximum atomic E-state index is 12.8. The van der Waals surface area contributed by atoms with Gasteiger partial charge in [0.2, 0.25) is 11.8 Å². The highest BCUT2D eigenvalue weighted by atomic mass is 19.4. The van der Waals surface area contributed by atoms with Crippen LogP contribution in [-0.4, -0.2) is 23.3 Å². The fraction of sp³-hybridized carbons (Fsp3) is 0.300. The van der Waals surface area contributed by atoms with Crippen LogP contribution in [0.1, 0.15) is 30.5 Å². The van der Waals surface area contributed by atoms with Crippen LogP contribution >= 0.6 is 0 Å². The zero-order valence-corrected chi connectivity index (χ0v) is 14.7. The Hall–Kier alpha value is -2.83. The number of hydrogen-bond donors (Lipinski definition) is 1. The van der Waals surface area contributed by atoms with E-state index in [2.05, 4.69) is 5.32 Å². The lowest BCUT2D eigenvalue weighted by molar-refractivity contribution is -0.137. The van der Waals surface area contributed by atoms with E-state index in [0.717, 1.165) is 17.7 Å². The second kappa shape index (κ2) is 7.42. The molecule has 1 fully saturated rings. The van der Waals surface area contributed by atoms with Crippen molar-refractivity contribution in [3.05, 3.63) is 65.7 Å². The Bertz CT molecular complexity index is 837. The Morgan fingerprint density at radius 3 is 2.52 bits per heavy atom. The number of rotatable bonds is 4. The Morgan fingerprint density at radius 1 is 1.15 bits per heavy atom. The summed E-state index contributed by atoms with van der Waals surface area (Å²) in [6, 6.07) is 13.8. The van der Waals surface area contributed by atoms with Gasteiger partial charge in [-0.15, -0.1) is 0 Å². The topological polar surface area (TPSA) is 49.4 Å². The molecule has 0 aliphatic carbocycles. The highest BCUT2D eigenvalue weighted by Gasteiger charge is 2.37. The number of nitrogens with one attached hydrogen (secondary N) is 1. The predicted octanol–water partition coefficient (Wildman–Crippen LogP) is 4.25. The molecule has 0 bridgehead atoms. The average Bonchev–Trinajstić information content (AvgIpc) is 3.03. The zero-order valence-electron chi connectivity index (χ0n) is 14.7. The summed E-state index contributed by atoms with van der Waals surface area (Å²) in [6.45, 7) is 2.13. The van der Waals surface area contributed by atoms with Crippen LogP contribution in [0.3, 0.4) is 0 Å². The fourth-order valence-electron chi connectivity index (χ4n) is 3.21. The number of hydrogen-bond acceptors (Lipinski definition) is 2. The number of alkyl halides is 3. The SMILES string of the molecule is C[C@@H](c1ccccc1)N1C[C@@H](C(=O)Nc2cccc(C(F)(F)F)c2)CC1=O. The number of halogens is 3. The Balaban J connectivity index is 1.68. The number of anilines is 1. The monoisotopic (exact) mass is 376 g/mol. The summed E-state index contributed by atoms with van der Waals surface area (Å²) in [4.78, 5) is 26.4. The van der Waals surface area contributed by atoms with Gasteiger partial charge in [-0.25, -0.2) is 0 Å². The van der Waals surface area contributed by atoms with Crippen molar-refractivity contribution in [2.45, 2.75) is 25.6 Å². The molecular formula is C20H19F3N2O2. The highest BCUT2D eigenvalue weighted by Crippen LogP contribution is 2.32. The smallest absolute Gasteiger partial charge is 0.335 e. The number of amides is 2. The molecule has 2 aromatic rings. The van der Waals surface area contributed by atoms with Gasteiger partial charge in [-0.3, -0.25) is 9.59 Å². The van der Waals surface area contributed by atoms with Crippen molar-refractivity contribution in [2.24, 2.45) is 5.92 Å². The van der Waals surface area contributed by atoms with Crippen LogP contribution in [0.15, 0.2) is 54.6 Å². The summed E-state index contributed by atoms with van der Waals surface area (Å²) in [5, 5.41) is 2.50. The van der Waals surface area contributed by atoms with Crippen LogP contribution in [0, 0.1) is 5.92 Å². The van der Waals surface area contributed by atoms with E-state index < -0.39 is 23.6 Å². The molecule has 2 amide bonds. The van der Waals surface area contributed by atoms with Crippen molar-refractivity contribution in [1.82, 2.24) is 4.90 Å². The van der Waals surface area contributed by atoms with Gasteiger partial charge in [0.1, 0.15) is 0 Å². The van der Waals surface area contributed by atoms with Gasteiger partial charge in [0, 0.05) is 18.7 Å². The van der Waals surface area contributed by atoms with Gasteiger partial charge in [0.15, 0.2) is 0 Å². The fourth-order valence-corrected chi connectivity index (χ4v) is 3.21. The summed E-state index contributed by atoms with van der Waals surface area (Å²) < 4.78 is 38.4. The highest BCUT2D eigenvalue weighted by molar-refractivity contribution is 5.97. The molecule has 0 saturated carbocycles. The van der Waals surface area contributed by atoms with Crippen molar-refractivity contribution in [3.8, 4) is 0 Å². The van der Waals surface area contributed by atoms with Crippen LogP contribution in [0.4, 0.5) is 18.9 Å².